The molecule has 4 aromatic rings. The van der Waals surface area contributed by atoms with E-state index < -0.39 is 6.67 Å². The number of fused-ring (bicyclic) bond motifs is 1. The van der Waals surface area contributed by atoms with Crippen molar-refractivity contribution in [3.05, 3.63) is 53.8 Å². The van der Waals surface area contributed by atoms with Crippen LogP contribution in [-0.2, 0) is 6.67 Å². The third-order valence-electron chi connectivity index (χ3n) is 5.25. The van der Waals surface area contributed by atoms with Gasteiger partial charge in [0.1, 0.15) is 12.5 Å². The van der Waals surface area contributed by atoms with Crippen molar-refractivity contribution >= 4 is 28.4 Å². The third-order valence-corrected chi connectivity index (χ3v) is 5.25. The lowest BCUT2D eigenvalue weighted by atomic mass is 10.1. The lowest BCUT2D eigenvalue weighted by Crippen LogP contribution is -2.44. The Morgan fingerprint density at radius 1 is 1.03 bits per heavy atom. The van der Waals surface area contributed by atoms with Crippen LogP contribution in [0.1, 0.15) is 5.56 Å². The molecule has 3 heterocycles. The van der Waals surface area contributed by atoms with Crippen LogP contribution in [0.2, 0.25) is 0 Å². The Bertz CT molecular complexity index is 1220. The van der Waals surface area contributed by atoms with Gasteiger partial charge in [-0.05, 0) is 23.8 Å². The van der Waals surface area contributed by atoms with Crippen LogP contribution in [0.3, 0.4) is 0 Å². The fraction of sp³-hybridized carbons (Fsp3) is 0.238. The molecule has 0 amide bonds. The molecule has 0 aliphatic carbocycles. The van der Waals surface area contributed by atoms with Crippen LogP contribution in [-0.4, -0.2) is 51.6 Å². The first kappa shape index (κ1) is 19.3. The van der Waals surface area contributed by atoms with Crippen molar-refractivity contribution in [2.75, 3.05) is 36.4 Å². The van der Waals surface area contributed by atoms with E-state index in [-0.39, 0.29) is 5.82 Å². The van der Waals surface area contributed by atoms with Crippen molar-refractivity contribution in [2.45, 2.75) is 6.67 Å². The van der Waals surface area contributed by atoms with E-state index in [4.69, 9.17) is 0 Å². The van der Waals surface area contributed by atoms with Crippen molar-refractivity contribution < 1.29 is 8.78 Å². The summed E-state index contributed by atoms with van der Waals surface area (Å²) in [5.74, 6) is 1.36. The first-order chi connectivity index (χ1) is 15.2. The van der Waals surface area contributed by atoms with E-state index in [0.717, 1.165) is 26.2 Å². The van der Waals surface area contributed by atoms with Crippen molar-refractivity contribution in [1.29, 1.82) is 0 Å². The number of benzene rings is 2. The van der Waals surface area contributed by atoms with E-state index in [1.165, 1.54) is 12.1 Å². The molecular formula is C21H20F2N8. The molecular weight excluding hydrogens is 402 g/mol. The number of rotatable bonds is 5. The number of anilines is 3. The van der Waals surface area contributed by atoms with Gasteiger partial charge in [0, 0.05) is 37.1 Å². The summed E-state index contributed by atoms with van der Waals surface area (Å²) in [4.78, 5) is 6.74. The zero-order valence-corrected chi connectivity index (χ0v) is 16.6. The smallest absolute Gasteiger partial charge is 0.194 e. The lowest BCUT2D eigenvalue weighted by Gasteiger charge is -2.29. The highest BCUT2D eigenvalue weighted by Gasteiger charge is 2.21. The molecule has 0 unspecified atom stereocenters. The Morgan fingerprint density at radius 3 is 2.71 bits per heavy atom. The second kappa shape index (κ2) is 8.23. The number of piperazine rings is 1. The first-order valence-electron chi connectivity index (χ1n) is 9.98. The fourth-order valence-electron chi connectivity index (χ4n) is 3.66. The van der Waals surface area contributed by atoms with E-state index in [1.54, 1.807) is 30.3 Å². The van der Waals surface area contributed by atoms with Gasteiger partial charge in [0.2, 0.25) is 0 Å². The van der Waals surface area contributed by atoms with Gasteiger partial charge >= 0.3 is 0 Å². The topological polar surface area (TPSA) is 94.6 Å². The van der Waals surface area contributed by atoms with Crippen LogP contribution in [0, 0.1) is 5.82 Å². The van der Waals surface area contributed by atoms with E-state index in [1.807, 2.05) is 0 Å². The van der Waals surface area contributed by atoms with Gasteiger partial charge in [-0.3, -0.25) is 5.10 Å². The number of nitrogens with one attached hydrogen (secondary N) is 3. The van der Waals surface area contributed by atoms with E-state index >= 15 is 0 Å². The number of aromatic nitrogens is 5. The van der Waals surface area contributed by atoms with Crippen LogP contribution < -0.4 is 15.5 Å². The lowest BCUT2D eigenvalue weighted by molar-refractivity contribution is 0.486. The minimum atomic E-state index is -0.634. The van der Waals surface area contributed by atoms with Crippen molar-refractivity contribution in [3.8, 4) is 11.4 Å². The van der Waals surface area contributed by atoms with Gasteiger partial charge in [-0.2, -0.15) is 5.10 Å². The van der Waals surface area contributed by atoms with Crippen LogP contribution in [0.4, 0.5) is 26.2 Å². The van der Waals surface area contributed by atoms with E-state index in [0.29, 0.717) is 45.3 Å². The highest BCUT2D eigenvalue weighted by atomic mass is 19.1. The third kappa shape index (κ3) is 3.77. The van der Waals surface area contributed by atoms with Gasteiger partial charge in [-0.1, -0.05) is 24.3 Å². The Morgan fingerprint density at radius 2 is 1.87 bits per heavy atom. The number of nitrogens with zero attached hydrogens (tertiary/aromatic N) is 5. The molecule has 0 spiro atoms. The Hall–Kier alpha value is -3.66. The standard InChI is InChI=1S/C21H20F2N8/c22-12-13-3-1-2-4-15(13)18-25-20(21(30-29-18)31-9-7-24-8-10-31)26-19-16-11-14(23)5-6-17(16)27-28-19/h1-6,11,24H,7-10,12H2,(H2,25,26,27,28,29). The van der Waals surface area contributed by atoms with Gasteiger partial charge in [-0.15, -0.1) is 10.2 Å². The van der Waals surface area contributed by atoms with Crippen LogP contribution >= 0.6 is 0 Å². The predicted molar refractivity (Wildman–Crippen MR) is 114 cm³/mol. The summed E-state index contributed by atoms with van der Waals surface area (Å²) in [5, 5.41) is 22.9. The summed E-state index contributed by atoms with van der Waals surface area (Å²) in [5.41, 5.74) is 1.75. The second-order valence-corrected chi connectivity index (χ2v) is 7.22. The summed E-state index contributed by atoms with van der Waals surface area (Å²) < 4.78 is 27.3. The maximum Gasteiger partial charge on any atom is 0.194 e. The summed E-state index contributed by atoms with van der Waals surface area (Å²) in [6.45, 7) is 2.46. The minimum Gasteiger partial charge on any atom is -0.349 e. The molecule has 31 heavy (non-hydrogen) atoms. The molecule has 1 aliphatic rings. The Balaban J connectivity index is 1.60. The molecule has 158 valence electrons. The molecule has 0 atom stereocenters. The van der Waals surface area contributed by atoms with Crippen LogP contribution in [0.15, 0.2) is 42.5 Å². The van der Waals surface area contributed by atoms with Crippen LogP contribution in [0.5, 0.6) is 0 Å². The molecule has 2 aromatic carbocycles. The number of alkyl halides is 1. The van der Waals surface area contributed by atoms with Gasteiger partial charge in [0.05, 0.1) is 5.52 Å². The zero-order valence-electron chi connectivity index (χ0n) is 16.6. The predicted octanol–water partition coefficient (Wildman–Crippen LogP) is 3.18. The van der Waals surface area contributed by atoms with Crippen LogP contribution in [0.25, 0.3) is 22.3 Å². The normalized spacial score (nSPS) is 14.2. The first-order valence-corrected chi connectivity index (χ1v) is 9.98. The summed E-state index contributed by atoms with van der Waals surface area (Å²) in [6.07, 6.45) is 0. The van der Waals surface area contributed by atoms with Gasteiger partial charge in [0.15, 0.2) is 23.3 Å². The maximum atomic E-state index is 13.8. The number of H-pyrrole nitrogens is 1. The van der Waals surface area contributed by atoms with Gasteiger partial charge in [0.25, 0.3) is 0 Å². The summed E-state index contributed by atoms with van der Waals surface area (Å²) in [7, 11) is 0. The van der Waals surface area contributed by atoms with Crippen molar-refractivity contribution in [1.82, 2.24) is 30.7 Å². The number of halogens is 2. The summed E-state index contributed by atoms with van der Waals surface area (Å²) >= 11 is 0. The number of hydrogen-bond donors (Lipinski definition) is 3. The highest BCUT2D eigenvalue weighted by molar-refractivity contribution is 5.92. The second-order valence-electron chi connectivity index (χ2n) is 7.22. The molecule has 0 radical (unpaired) electrons. The molecule has 1 saturated heterocycles. The largest absolute Gasteiger partial charge is 0.349 e. The zero-order chi connectivity index (χ0) is 21.2. The van der Waals surface area contributed by atoms with Gasteiger partial charge in [-0.25, -0.2) is 13.8 Å². The monoisotopic (exact) mass is 422 g/mol. The molecule has 10 heteroatoms. The van der Waals surface area contributed by atoms with E-state index in [2.05, 4.69) is 40.9 Å². The average molecular weight is 422 g/mol. The Kier molecular flexibility index (Phi) is 5.13. The summed E-state index contributed by atoms with van der Waals surface area (Å²) in [6, 6.07) is 11.4. The molecule has 1 aliphatic heterocycles. The van der Waals surface area contributed by atoms with Crippen molar-refractivity contribution in [3.63, 3.8) is 0 Å². The van der Waals surface area contributed by atoms with Crippen molar-refractivity contribution in [2.24, 2.45) is 0 Å². The number of aromatic amines is 1. The molecule has 0 bridgehead atoms. The molecule has 2 aromatic heterocycles. The quantitative estimate of drug-likeness (QED) is 0.455. The minimum absolute atomic E-state index is 0.306. The average Bonchev–Trinajstić information content (AvgIpc) is 3.21. The molecule has 8 nitrogen and oxygen atoms in total. The molecule has 1 fully saturated rings. The Labute approximate surface area is 176 Å². The maximum absolute atomic E-state index is 13.8. The number of hydrogen-bond acceptors (Lipinski definition) is 7. The fourth-order valence-corrected chi connectivity index (χ4v) is 3.66. The van der Waals surface area contributed by atoms with Gasteiger partial charge < -0.3 is 15.5 Å². The molecule has 5 rings (SSSR count). The SMILES string of the molecule is FCc1ccccc1-c1nnc(N2CCNCC2)c(Nc2n[nH]c3ccc(F)cc23)n1. The molecule has 0 saturated carbocycles. The highest BCUT2D eigenvalue weighted by Crippen LogP contribution is 2.30. The van der Waals surface area contributed by atoms with E-state index in [9.17, 15) is 8.78 Å². The molecule has 3 N–H and O–H groups in total.